The molecule has 1 aliphatic rings. The molecular weight excluding hydrogens is 246 g/mol. The van der Waals surface area contributed by atoms with Crippen LogP contribution in [0.2, 0.25) is 0 Å². The molecule has 2 unspecified atom stereocenters. The lowest BCUT2D eigenvalue weighted by molar-refractivity contribution is 0.208. The van der Waals surface area contributed by atoms with Gasteiger partial charge in [0.2, 0.25) is 0 Å². The zero-order valence-corrected chi connectivity index (χ0v) is 13.0. The second-order valence-corrected chi connectivity index (χ2v) is 5.77. The van der Waals surface area contributed by atoms with Gasteiger partial charge < -0.3 is 10.6 Å². The molecule has 0 amide bonds. The van der Waals surface area contributed by atoms with Crippen molar-refractivity contribution < 1.29 is 0 Å². The van der Waals surface area contributed by atoms with E-state index in [9.17, 15) is 0 Å². The summed E-state index contributed by atoms with van der Waals surface area (Å²) in [5, 5.41) is 0. The molecule has 0 bridgehead atoms. The first-order chi connectivity index (χ1) is 9.78. The quantitative estimate of drug-likeness (QED) is 0.827. The summed E-state index contributed by atoms with van der Waals surface area (Å²) < 4.78 is 0. The molecule has 1 saturated heterocycles. The molecule has 2 N–H and O–H groups in total. The highest BCUT2D eigenvalue weighted by Gasteiger charge is 2.27. The molecule has 1 aliphatic heterocycles. The predicted molar refractivity (Wildman–Crippen MR) is 86.0 cm³/mol. The van der Waals surface area contributed by atoms with Crippen LogP contribution in [0.25, 0.3) is 0 Å². The van der Waals surface area contributed by atoms with Crippen molar-refractivity contribution in [2.75, 3.05) is 39.3 Å². The van der Waals surface area contributed by atoms with Gasteiger partial charge in [0, 0.05) is 31.6 Å². The highest BCUT2D eigenvalue weighted by atomic mass is 15.2. The summed E-state index contributed by atoms with van der Waals surface area (Å²) in [6.07, 6.45) is 1.30. The van der Waals surface area contributed by atoms with Crippen molar-refractivity contribution in [1.82, 2.24) is 9.80 Å². The van der Waals surface area contributed by atoms with E-state index < -0.39 is 0 Å². The van der Waals surface area contributed by atoms with Gasteiger partial charge in [-0.3, -0.25) is 4.90 Å². The Bertz CT molecular complexity index is 375. The summed E-state index contributed by atoms with van der Waals surface area (Å²) >= 11 is 0. The van der Waals surface area contributed by atoms with Gasteiger partial charge in [-0.25, -0.2) is 0 Å². The van der Waals surface area contributed by atoms with Crippen molar-refractivity contribution in [3.05, 3.63) is 35.9 Å². The molecule has 2 atom stereocenters. The first-order valence-corrected chi connectivity index (χ1v) is 7.99. The van der Waals surface area contributed by atoms with Gasteiger partial charge in [0.1, 0.15) is 0 Å². The van der Waals surface area contributed by atoms with Gasteiger partial charge in [0.05, 0.1) is 0 Å². The number of nitrogens with two attached hydrogens (primary N) is 1. The first-order valence-electron chi connectivity index (χ1n) is 7.99. The SMILES string of the molecule is CCN(CC)C1CCN(CC(CN)c2ccccc2)C1. The summed E-state index contributed by atoms with van der Waals surface area (Å²) in [5.74, 6) is 0.464. The largest absolute Gasteiger partial charge is 0.330 e. The van der Waals surface area contributed by atoms with E-state index in [1.165, 1.54) is 25.1 Å². The molecule has 0 aromatic heterocycles. The van der Waals surface area contributed by atoms with Gasteiger partial charge in [0.15, 0.2) is 0 Å². The Kier molecular flexibility index (Phi) is 6.02. The summed E-state index contributed by atoms with van der Waals surface area (Å²) in [7, 11) is 0. The van der Waals surface area contributed by atoms with Crippen molar-refractivity contribution in [3.8, 4) is 0 Å². The number of nitrogens with zero attached hydrogens (tertiary/aromatic N) is 2. The summed E-state index contributed by atoms with van der Waals surface area (Å²) in [4.78, 5) is 5.17. The molecule has 3 nitrogen and oxygen atoms in total. The van der Waals surface area contributed by atoms with Crippen LogP contribution < -0.4 is 5.73 Å². The number of hydrogen-bond donors (Lipinski definition) is 1. The van der Waals surface area contributed by atoms with E-state index in [0.717, 1.165) is 32.2 Å². The lowest BCUT2D eigenvalue weighted by atomic mass is 9.99. The van der Waals surface area contributed by atoms with E-state index >= 15 is 0 Å². The summed E-state index contributed by atoms with van der Waals surface area (Å²) in [6.45, 7) is 11.1. The fraction of sp³-hybridized carbons (Fsp3) is 0.647. The van der Waals surface area contributed by atoms with Gasteiger partial charge in [-0.15, -0.1) is 0 Å². The number of likely N-dealkylation sites (N-methyl/N-ethyl adjacent to an activating group) is 1. The smallest absolute Gasteiger partial charge is 0.0235 e. The van der Waals surface area contributed by atoms with Gasteiger partial charge in [0.25, 0.3) is 0 Å². The highest BCUT2D eigenvalue weighted by molar-refractivity contribution is 5.20. The Morgan fingerprint density at radius 1 is 1.25 bits per heavy atom. The molecule has 0 radical (unpaired) electrons. The van der Waals surface area contributed by atoms with Crippen LogP contribution in [0.5, 0.6) is 0 Å². The summed E-state index contributed by atoms with van der Waals surface area (Å²) in [5.41, 5.74) is 7.37. The van der Waals surface area contributed by atoms with Crippen LogP contribution in [-0.2, 0) is 0 Å². The monoisotopic (exact) mass is 275 g/mol. The fourth-order valence-corrected chi connectivity index (χ4v) is 3.37. The van der Waals surface area contributed by atoms with Gasteiger partial charge in [-0.1, -0.05) is 44.2 Å². The zero-order chi connectivity index (χ0) is 14.4. The molecule has 0 spiro atoms. The van der Waals surface area contributed by atoms with Crippen molar-refractivity contribution in [1.29, 1.82) is 0 Å². The third-order valence-corrected chi connectivity index (χ3v) is 4.61. The number of likely N-dealkylation sites (tertiary alicyclic amines) is 1. The molecule has 20 heavy (non-hydrogen) atoms. The van der Waals surface area contributed by atoms with Crippen molar-refractivity contribution >= 4 is 0 Å². The van der Waals surface area contributed by atoms with Crippen LogP contribution >= 0.6 is 0 Å². The lowest BCUT2D eigenvalue weighted by Crippen LogP contribution is -2.38. The standard InChI is InChI=1S/C17H29N3/c1-3-20(4-2)17-10-11-19(14-17)13-16(12-18)15-8-6-5-7-9-15/h5-9,16-17H,3-4,10-14,18H2,1-2H3. The van der Waals surface area contributed by atoms with E-state index in [-0.39, 0.29) is 0 Å². The van der Waals surface area contributed by atoms with Crippen LogP contribution in [0.4, 0.5) is 0 Å². The normalized spacial score (nSPS) is 21.5. The number of hydrogen-bond acceptors (Lipinski definition) is 3. The average Bonchev–Trinajstić information content (AvgIpc) is 2.95. The Morgan fingerprint density at radius 2 is 1.95 bits per heavy atom. The Balaban J connectivity index is 1.90. The predicted octanol–water partition coefficient (Wildman–Crippen LogP) is 2.14. The van der Waals surface area contributed by atoms with Gasteiger partial charge in [-0.2, -0.15) is 0 Å². The van der Waals surface area contributed by atoms with Crippen molar-refractivity contribution in [2.45, 2.75) is 32.2 Å². The van der Waals surface area contributed by atoms with E-state index in [1.807, 2.05) is 0 Å². The molecule has 112 valence electrons. The van der Waals surface area contributed by atoms with Crippen molar-refractivity contribution in [3.63, 3.8) is 0 Å². The van der Waals surface area contributed by atoms with Gasteiger partial charge >= 0.3 is 0 Å². The molecule has 1 heterocycles. The minimum Gasteiger partial charge on any atom is -0.330 e. The molecule has 0 saturated carbocycles. The second-order valence-electron chi connectivity index (χ2n) is 5.77. The maximum Gasteiger partial charge on any atom is 0.0235 e. The van der Waals surface area contributed by atoms with E-state index in [4.69, 9.17) is 5.73 Å². The molecule has 1 fully saturated rings. The molecule has 3 heteroatoms. The molecule has 0 aliphatic carbocycles. The summed E-state index contributed by atoms with van der Waals surface area (Å²) in [6, 6.07) is 11.4. The number of benzene rings is 1. The van der Waals surface area contributed by atoms with E-state index in [0.29, 0.717) is 5.92 Å². The minimum absolute atomic E-state index is 0.464. The first kappa shape index (κ1) is 15.5. The molecule has 2 rings (SSSR count). The Labute approximate surface area is 123 Å². The van der Waals surface area contributed by atoms with Crippen LogP contribution in [0.15, 0.2) is 30.3 Å². The van der Waals surface area contributed by atoms with Crippen LogP contribution in [0, 0.1) is 0 Å². The Hall–Kier alpha value is -0.900. The number of rotatable bonds is 7. The maximum absolute atomic E-state index is 5.99. The zero-order valence-electron chi connectivity index (χ0n) is 13.0. The highest BCUT2D eigenvalue weighted by Crippen LogP contribution is 2.21. The van der Waals surface area contributed by atoms with Crippen LogP contribution in [-0.4, -0.2) is 55.1 Å². The van der Waals surface area contributed by atoms with E-state index in [1.54, 1.807) is 0 Å². The minimum atomic E-state index is 0.464. The Morgan fingerprint density at radius 3 is 2.55 bits per heavy atom. The fourth-order valence-electron chi connectivity index (χ4n) is 3.37. The third kappa shape index (κ3) is 3.81. The average molecular weight is 275 g/mol. The molecular formula is C17H29N3. The van der Waals surface area contributed by atoms with Crippen molar-refractivity contribution in [2.24, 2.45) is 5.73 Å². The molecule has 1 aromatic carbocycles. The third-order valence-electron chi connectivity index (χ3n) is 4.61. The van der Waals surface area contributed by atoms with E-state index in [2.05, 4.69) is 54.0 Å². The van der Waals surface area contributed by atoms with Gasteiger partial charge in [-0.05, 0) is 31.6 Å². The lowest BCUT2D eigenvalue weighted by Gasteiger charge is -2.27. The topological polar surface area (TPSA) is 32.5 Å². The van der Waals surface area contributed by atoms with Crippen LogP contribution in [0.3, 0.4) is 0 Å². The maximum atomic E-state index is 5.99. The molecule has 1 aromatic rings. The van der Waals surface area contributed by atoms with Crippen LogP contribution in [0.1, 0.15) is 31.7 Å². The second kappa shape index (κ2) is 7.77.